The van der Waals surface area contributed by atoms with Crippen LogP contribution >= 0.6 is 0 Å². The Labute approximate surface area is 314 Å². The smallest absolute Gasteiger partial charge is 0.509 e. The molecule has 3 aromatic heterocycles. The summed E-state index contributed by atoms with van der Waals surface area (Å²) >= 11 is 0. The average Bonchev–Trinajstić information content (AvgIpc) is 3.71. The summed E-state index contributed by atoms with van der Waals surface area (Å²) in [6.45, 7) is 13.8. The molecule has 3 heterocycles. The van der Waals surface area contributed by atoms with Crippen molar-refractivity contribution in [3.05, 3.63) is 132 Å². The van der Waals surface area contributed by atoms with Crippen LogP contribution in [0.1, 0.15) is 87.5 Å². The number of rotatable bonds is 11. The Hall–Kier alpha value is -4.54. The number of halogens is 1. The molecule has 7 rings (SSSR count). The van der Waals surface area contributed by atoms with Crippen LogP contribution in [-0.4, -0.2) is 19.3 Å². The van der Waals surface area contributed by atoms with Crippen molar-refractivity contribution in [3.63, 3.8) is 0 Å². The van der Waals surface area contributed by atoms with Crippen LogP contribution in [0.2, 0.25) is 0 Å². The van der Waals surface area contributed by atoms with E-state index in [4.69, 9.17) is 9.84 Å². The second-order valence-corrected chi connectivity index (χ2v) is 13.5. The molecule has 51 heavy (non-hydrogen) atoms. The van der Waals surface area contributed by atoms with Crippen molar-refractivity contribution in [1.82, 2.24) is 19.3 Å². The molecule has 0 bridgehead atoms. The van der Waals surface area contributed by atoms with Crippen LogP contribution in [0.15, 0.2) is 91.4 Å². The number of pyridine rings is 1. The molecule has 0 aliphatic carbocycles. The van der Waals surface area contributed by atoms with Crippen molar-refractivity contribution in [3.8, 4) is 34.1 Å². The van der Waals surface area contributed by atoms with Gasteiger partial charge in [-0.05, 0) is 89.5 Å². The molecule has 0 aliphatic rings. The van der Waals surface area contributed by atoms with Gasteiger partial charge in [0, 0.05) is 41.0 Å². The van der Waals surface area contributed by atoms with Gasteiger partial charge in [-0.15, -0.1) is 35.7 Å². The SMILES string of the molecule is CCCC(C)c1c(C)cc(C)c(C(C)CCC)c1-c1cnn(-c2[c-]c(Oc3[c-]c4c(cc3)c3ccccc3n4-c3cc(F)ccn3)ccc2)c1.[Pt+2]. The van der Waals surface area contributed by atoms with Crippen molar-refractivity contribution in [2.45, 2.75) is 79.1 Å². The molecule has 7 heteroatoms. The molecule has 262 valence electrons. The zero-order valence-electron chi connectivity index (χ0n) is 30.0. The number of hydrogen-bond donors (Lipinski definition) is 0. The maximum Gasteiger partial charge on any atom is 2.00 e. The molecule has 0 saturated heterocycles. The summed E-state index contributed by atoms with van der Waals surface area (Å²) in [5.74, 6) is 2.08. The minimum atomic E-state index is -0.350. The number of nitrogens with zero attached hydrogens (tertiary/aromatic N) is 4. The van der Waals surface area contributed by atoms with Gasteiger partial charge in [0.2, 0.25) is 0 Å². The first-order valence-electron chi connectivity index (χ1n) is 17.7. The van der Waals surface area contributed by atoms with Gasteiger partial charge in [-0.3, -0.25) is 4.68 Å². The van der Waals surface area contributed by atoms with E-state index in [1.807, 2.05) is 64.0 Å². The number of hydrogen-bond acceptors (Lipinski definition) is 3. The molecular formula is C44H43FN4OPt. The summed E-state index contributed by atoms with van der Waals surface area (Å²) in [6.07, 6.45) is 10.2. The van der Waals surface area contributed by atoms with E-state index in [1.165, 1.54) is 46.1 Å². The minimum absolute atomic E-state index is 0. The second kappa shape index (κ2) is 15.4. The van der Waals surface area contributed by atoms with Crippen molar-refractivity contribution in [2.24, 2.45) is 0 Å². The monoisotopic (exact) mass is 857 g/mol. The van der Waals surface area contributed by atoms with Gasteiger partial charge < -0.3 is 9.30 Å². The van der Waals surface area contributed by atoms with Gasteiger partial charge in [-0.2, -0.15) is 17.2 Å². The van der Waals surface area contributed by atoms with E-state index < -0.39 is 0 Å². The zero-order valence-corrected chi connectivity index (χ0v) is 32.3. The largest absolute Gasteiger partial charge is 2.00 e. The molecule has 4 aromatic carbocycles. The summed E-state index contributed by atoms with van der Waals surface area (Å²) in [5.41, 5.74) is 10.5. The van der Waals surface area contributed by atoms with Gasteiger partial charge in [0.15, 0.2) is 0 Å². The number of benzene rings is 4. The standard InChI is InChI=1S/C44H43FN4O.Pt/c1-7-12-28(3)42-30(5)22-31(6)43(29(4)13-8-2)44(42)32-26-47-48(27-32)34-14-11-15-35(24-34)50-36-18-19-38-37-16-9-10-17-39(37)49(40(38)25-36)41-23-33(45)20-21-46-41;/h9-11,14-23,26-29H,7-8,12-13H2,1-6H3;/q-2;+2. The van der Waals surface area contributed by atoms with Crippen molar-refractivity contribution < 1.29 is 30.2 Å². The summed E-state index contributed by atoms with van der Waals surface area (Å²) < 4.78 is 24.5. The first-order valence-corrected chi connectivity index (χ1v) is 17.7. The van der Waals surface area contributed by atoms with Gasteiger partial charge in [0.25, 0.3) is 0 Å². The fourth-order valence-corrected chi connectivity index (χ4v) is 7.77. The molecule has 0 radical (unpaired) electrons. The van der Waals surface area contributed by atoms with Gasteiger partial charge in [-0.25, -0.2) is 9.37 Å². The Morgan fingerprint density at radius 2 is 1.51 bits per heavy atom. The molecule has 0 fully saturated rings. The molecule has 7 aromatic rings. The molecule has 2 atom stereocenters. The molecular weight excluding hydrogens is 815 g/mol. The van der Waals surface area contributed by atoms with Gasteiger partial charge in [-0.1, -0.05) is 70.3 Å². The normalized spacial score (nSPS) is 12.6. The molecule has 0 aliphatic heterocycles. The first kappa shape index (κ1) is 36.3. The van der Waals surface area contributed by atoms with Crippen molar-refractivity contribution >= 4 is 21.8 Å². The molecule has 0 spiro atoms. The van der Waals surface area contributed by atoms with Crippen LogP contribution in [0.25, 0.3) is 44.4 Å². The summed E-state index contributed by atoms with van der Waals surface area (Å²) in [6, 6.07) is 29.8. The zero-order chi connectivity index (χ0) is 34.9. The van der Waals surface area contributed by atoms with E-state index in [1.54, 1.807) is 0 Å². The maximum atomic E-state index is 14.3. The number of para-hydroxylation sites is 1. The van der Waals surface area contributed by atoms with Crippen LogP contribution in [0, 0.1) is 31.8 Å². The van der Waals surface area contributed by atoms with Gasteiger partial charge >= 0.3 is 21.1 Å². The Bertz CT molecular complexity index is 2290. The van der Waals surface area contributed by atoms with E-state index in [-0.39, 0.29) is 26.9 Å². The fraction of sp³-hybridized carbons (Fsp3) is 0.273. The van der Waals surface area contributed by atoms with Crippen LogP contribution < -0.4 is 4.74 Å². The molecule has 5 nitrogen and oxygen atoms in total. The molecule has 0 saturated carbocycles. The Kier molecular flexibility index (Phi) is 10.9. The Morgan fingerprint density at radius 3 is 2.22 bits per heavy atom. The minimum Gasteiger partial charge on any atom is -0.509 e. The van der Waals surface area contributed by atoms with Gasteiger partial charge in [0.1, 0.15) is 11.6 Å². The van der Waals surface area contributed by atoms with Crippen molar-refractivity contribution in [2.75, 3.05) is 0 Å². The number of aryl methyl sites for hydroxylation is 2. The predicted octanol–water partition coefficient (Wildman–Crippen LogP) is 12.0. The predicted molar refractivity (Wildman–Crippen MR) is 201 cm³/mol. The summed E-state index contributed by atoms with van der Waals surface area (Å²) in [4.78, 5) is 4.47. The van der Waals surface area contributed by atoms with E-state index in [9.17, 15) is 4.39 Å². The third-order valence-electron chi connectivity index (χ3n) is 9.83. The fourth-order valence-electron chi connectivity index (χ4n) is 7.77. The number of aromatic nitrogens is 4. The van der Waals surface area contributed by atoms with E-state index in [0.717, 1.165) is 58.7 Å². The Morgan fingerprint density at radius 1 is 0.804 bits per heavy atom. The van der Waals surface area contributed by atoms with Crippen molar-refractivity contribution in [1.29, 1.82) is 0 Å². The molecule has 0 N–H and O–H groups in total. The van der Waals surface area contributed by atoms with E-state index in [0.29, 0.717) is 29.2 Å². The Balaban J connectivity index is 0.00000448. The third kappa shape index (κ3) is 7.04. The number of fused-ring (bicyclic) bond motifs is 3. The summed E-state index contributed by atoms with van der Waals surface area (Å²) in [7, 11) is 0. The summed E-state index contributed by atoms with van der Waals surface area (Å²) in [5, 5.41) is 6.87. The average molecular weight is 858 g/mol. The van der Waals surface area contributed by atoms with Crippen LogP contribution in [-0.2, 0) is 21.1 Å². The van der Waals surface area contributed by atoms with E-state index >= 15 is 0 Å². The third-order valence-corrected chi connectivity index (χ3v) is 9.83. The second-order valence-electron chi connectivity index (χ2n) is 13.5. The molecule has 0 amide bonds. The topological polar surface area (TPSA) is 44.9 Å². The van der Waals surface area contributed by atoms with Crippen LogP contribution in [0.4, 0.5) is 4.39 Å². The maximum absolute atomic E-state index is 14.3. The first-order chi connectivity index (χ1) is 24.3. The molecule has 2 unspecified atom stereocenters. The van der Waals surface area contributed by atoms with E-state index in [2.05, 4.69) is 77.0 Å². The van der Waals surface area contributed by atoms with Crippen LogP contribution in [0.3, 0.4) is 0 Å². The van der Waals surface area contributed by atoms with Gasteiger partial charge in [0.05, 0.1) is 6.20 Å². The quantitative estimate of drug-likeness (QED) is 0.122. The number of ether oxygens (including phenoxy) is 1. The van der Waals surface area contributed by atoms with Crippen LogP contribution in [0.5, 0.6) is 11.5 Å².